The molecule has 0 bridgehead atoms. The minimum atomic E-state index is -0.0255. The number of methoxy groups -OCH3 is 1. The number of ether oxygens (including phenoxy) is 2. The van der Waals surface area contributed by atoms with Crippen molar-refractivity contribution in [2.45, 2.75) is 19.4 Å². The van der Waals surface area contributed by atoms with Crippen LogP contribution in [0.4, 0.5) is 0 Å². The number of hydrogen-bond donors (Lipinski definition) is 0. The average Bonchev–Trinajstić information content (AvgIpc) is 1.85. The minimum Gasteiger partial charge on any atom is -0.359 e. The maximum atomic E-state index is 9.86. The average molecular weight is 132 g/mol. The summed E-state index contributed by atoms with van der Waals surface area (Å²) in [6.07, 6.45) is 1.24. The van der Waals surface area contributed by atoms with Crippen molar-refractivity contribution < 1.29 is 14.3 Å². The van der Waals surface area contributed by atoms with Crippen LogP contribution >= 0.6 is 0 Å². The summed E-state index contributed by atoms with van der Waals surface area (Å²) in [5.41, 5.74) is 0. The molecule has 0 aliphatic rings. The van der Waals surface area contributed by atoms with E-state index < -0.39 is 0 Å². The fourth-order valence-corrected chi connectivity index (χ4v) is 0.388. The molecular weight excluding hydrogens is 120 g/mol. The van der Waals surface area contributed by atoms with E-state index in [4.69, 9.17) is 4.74 Å². The van der Waals surface area contributed by atoms with E-state index in [1.165, 1.54) is 0 Å². The Kier molecular flexibility index (Phi) is 5.46. The third-order valence-electron chi connectivity index (χ3n) is 0.899. The van der Waals surface area contributed by atoms with Gasteiger partial charge in [-0.1, -0.05) is 0 Å². The van der Waals surface area contributed by atoms with E-state index in [1.54, 1.807) is 7.11 Å². The third kappa shape index (κ3) is 5.46. The summed E-state index contributed by atoms with van der Waals surface area (Å²) in [6.45, 7) is 2.09. The zero-order valence-electron chi connectivity index (χ0n) is 5.79. The maximum Gasteiger partial charge on any atom is 0.146 e. The van der Waals surface area contributed by atoms with Gasteiger partial charge in [-0.05, 0) is 6.92 Å². The second-order valence-electron chi connectivity index (χ2n) is 1.79. The number of carbonyl (C=O) groups excluding carboxylic acids is 1. The van der Waals surface area contributed by atoms with E-state index in [-0.39, 0.29) is 12.9 Å². The van der Waals surface area contributed by atoms with Gasteiger partial charge in [0, 0.05) is 13.5 Å². The van der Waals surface area contributed by atoms with Gasteiger partial charge in [0.15, 0.2) is 0 Å². The van der Waals surface area contributed by atoms with Crippen molar-refractivity contribution in [3.63, 3.8) is 0 Å². The van der Waals surface area contributed by atoms with Crippen LogP contribution in [0.15, 0.2) is 0 Å². The highest BCUT2D eigenvalue weighted by Crippen LogP contribution is 1.92. The molecule has 0 heterocycles. The molecule has 0 aromatic carbocycles. The third-order valence-corrected chi connectivity index (χ3v) is 0.899. The zero-order chi connectivity index (χ0) is 7.11. The van der Waals surface area contributed by atoms with Crippen molar-refractivity contribution in [1.82, 2.24) is 0 Å². The van der Waals surface area contributed by atoms with Crippen LogP contribution in [0.2, 0.25) is 0 Å². The lowest BCUT2D eigenvalue weighted by atomic mass is 10.3. The first-order chi connectivity index (χ1) is 4.31. The van der Waals surface area contributed by atoms with Crippen LogP contribution in [0.3, 0.4) is 0 Å². The quantitative estimate of drug-likeness (QED) is 0.405. The molecule has 0 spiro atoms. The summed E-state index contributed by atoms with van der Waals surface area (Å²) in [5.74, 6) is 0. The Hall–Kier alpha value is -0.410. The lowest BCUT2D eigenvalue weighted by Gasteiger charge is -2.06. The summed E-state index contributed by atoms with van der Waals surface area (Å²) >= 11 is 0. The Morgan fingerprint density at radius 3 is 2.78 bits per heavy atom. The molecule has 0 rings (SSSR count). The Bertz CT molecular complexity index is 72.7. The Morgan fingerprint density at radius 2 is 2.33 bits per heavy atom. The molecule has 0 fully saturated rings. The van der Waals surface area contributed by atoms with E-state index >= 15 is 0 Å². The summed E-state index contributed by atoms with van der Waals surface area (Å²) in [6, 6.07) is 0. The second kappa shape index (κ2) is 5.72. The van der Waals surface area contributed by atoms with Crippen LogP contribution < -0.4 is 0 Å². The van der Waals surface area contributed by atoms with Gasteiger partial charge in [-0.15, -0.1) is 0 Å². The molecule has 0 amide bonds. The first-order valence-electron chi connectivity index (χ1n) is 2.85. The topological polar surface area (TPSA) is 35.5 Å². The molecule has 54 valence electrons. The Balaban J connectivity index is 3.04. The van der Waals surface area contributed by atoms with E-state index in [2.05, 4.69) is 4.74 Å². The first kappa shape index (κ1) is 8.59. The highest BCUT2D eigenvalue weighted by Gasteiger charge is 1.97. The Labute approximate surface area is 55.0 Å². The SMILES string of the molecule is COCO[C@H](C)CC=O. The van der Waals surface area contributed by atoms with Gasteiger partial charge >= 0.3 is 0 Å². The normalized spacial score (nSPS) is 13.1. The monoisotopic (exact) mass is 132 g/mol. The molecule has 0 unspecified atom stereocenters. The summed E-state index contributed by atoms with van der Waals surface area (Å²) in [4.78, 5) is 9.86. The lowest BCUT2D eigenvalue weighted by Crippen LogP contribution is -2.10. The molecule has 0 aliphatic carbocycles. The molecule has 0 aromatic heterocycles. The van der Waals surface area contributed by atoms with Gasteiger partial charge in [0.05, 0.1) is 6.10 Å². The highest BCUT2D eigenvalue weighted by molar-refractivity contribution is 5.49. The van der Waals surface area contributed by atoms with Crippen LogP contribution in [0.25, 0.3) is 0 Å². The van der Waals surface area contributed by atoms with Gasteiger partial charge in [-0.3, -0.25) is 0 Å². The predicted octanol–water partition coefficient (Wildman–Crippen LogP) is 0.584. The van der Waals surface area contributed by atoms with Crippen LogP contribution in [0, 0.1) is 0 Å². The van der Waals surface area contributed by atoms with Gasteiger partial charge in [-0.2, -0.15) is 0 Å². The predicted molar refractivity (Wildman–Crippen MR) is 33.1 cm³/mol. The van der Waals surface area contributed by atoms with Crippen molar-refractivity contribution in [3.8, 4) is 0 Å². The summed E-state index contributed by atoms with van der Waals surface area (Å²) < 4.78 is 9.60. The van der Waals surface area contributed by atoms with Crippen molar-refractivity contribution in [3.05, 3.63) is 0 Å². The number of aldehydes is 1. The molecular formula is C6H12O3. The zero-order valence-corrected chi connectivity index (χ0v) is 5.79. The van der Waals surface area contributed by atoms with Gasteiger partial charge < -0.3 is 14.3 Å². The number of rotatable bonds is 5. The van der Waals surface area contributed by atoms with Crippen molar-refractivity contribution in [2.24, 2.45) is 0 Å². The minimum absolute atomic E-state index is 0.0255. The fourth-order valence-electron chi connectivity index (χ4n) is 0.388. The van der Waals surface area contributed by atoms with Crippen molar-refractivity contribution in [1.29, 1.82) is 0 Å². The number of hydrogen-bond acceptors (Lipinski definition) is 3. The maximum absolute atomic E-state index is 9.86. The molecule has 9 heavy (non-hydrogen) atoms. The second-order valence-corrected chi connectivity index (χ2v) is 1.79. The van der Waals surface area contributed by atoms with Gasteiger partial charge in [0.25, 0.3) is 0 Å². The van der Waals surface area contributed by atoms with Gasteiger partial charge in [0.1, 0.15) is 13.1 Å². The van der Waals surface area contributed by atoms with Gasteiger partial charge in [-0.25, -0.2) is 0 Å². The van der Waals surface area contributed by atoms with Gasteiger partial charge in [0.2, 0.25) is 0 Å². The smallest absolute Gasteiger partial charge is 0.146 e. The van der Waals surface area contributed by atoms with E-state index in [1.807, 2.05) is 6.92 Å². The van der Waals surface area contributed by atoms with Crippen LogP contribution in [-0.2, 0) is 14.3 Å². The van der Waals surface area contributed by atoms with E-state index in [9.17, 15) is 4.79 Å². The fraction of sp³-hybridized carbons (Fsp3) is 0.833. The Morgan fingerprint density at radius 1 is 1.67 bits per heavy atom. The van der Waals surface area contributed by atoms with Crippen LogP contribution in [-0.4, -0.2) is 26.3 Å². The van der Waals surface area contributed by atoms with Crippen LogP contribution in [0.1, 0.15) is 13.3 Å². The van der Waals surface area contributed by atoms with E-state index in [0.717, 1.165) is 6.29 Å². The summed E-state index contributed by atoms with van der Waals surface area (Å²) in [5, 5.41) is 0. The van der Waals surface area contributed by atoms with Crippen LogP contribution in [0.5, 0.6) is 0 Å². The highest BCUT2D eigenvalue weighted by atomic mass is 16.7. The lowest BCUT2D eigenvalue weighted by molar-refractivity contribution is -0.113. The van der Waals surface area contributed by atoms with Crippen molar-refractivity contribution in [2.75, 3.05) is 13.9 Å². The number of carbonyl (C=O) groups is 1. The summed E-state index contributed by atoms with van der Waals surface area (Å²) in [7, 11) is 1.55. The molecule has 1 atom stereocenters. The molecule has 0 saturated heterocycles. The largest absolute Gasteiger partial charge is 0.359 e. The van der Waals surface area contributed by atoms with Crippen molar-refractivity contribution >= 4 is 6.29 Å². The van der Waals surface area contributed by atoms with E-state index in [0.29, 0.717) is 6.42 Å². The molecule has 0 aliphatic heterocycles. The first-order valence-corrected chi connectivity index (χ1v) is 2.85. The standard InChI is InChI=1S/C6H12O3/c1-6(3-4-7)9-5-8-2/h4,6H,3,5H2,1-2H3/t6-/m1/s1. The molecule has 0 radical (unpaired) electrons. The molecule has 3 heteroatoms. The molecule has 0 N–H and O–H groups in total. The molecule has 0 saturated carbocycles. The molecule has 0 aromatic rings. The molecule has 3 nitrogen and oxygen atoms in total.